The van der Waals surface area contributed by atoms with Gasteiger partial charge in [-0.05, 0) is 22.2 Å². The summed E-state index contributed by atoms with van der Waals surface area (Å²) in [5, 5.41) is 25.3. The van der Waals surface area contributed by atoms with E-state index in [1.807, 2.05) is 0 Å². The van der Waals surface area contributed by atoms with Crippen molar-refractivity contribution in [2.45, 2.75) is 22.3 Å². The van der Waals surface area contributed by atoms with Crippen LogP contribution in [0.15, 0.2) is 30.3 Å². The molecule has 17 heavy (non-hydrogen) atoms. The smallest absolute Gasteiger partial charge is 0.168 e. The summed E-state index contributed by atoms with van der Waals surface area (Å²) in [5.41, 5.74) is 0. The van der Waals surface area contributed by atoms with Gasteiger partial charge in [-0.1, -0.05) is 40.5 Å². The molecule has 8 nitrogen and oxygen atoms in total. The molecule has 106 valence electrons. The van der Waals surface area contributed by atoms with E-state index in [4.69, 9.17) is 5.26 Å². The molecule has 0 spiro atoms. The van der Waals surface area contributed by atoms with Gasteiger partial charge in [0.05, 0.1) is 0 Å². The minimum Gasteiger partial charge on any atom is -0.412 e. The third-order valence-electron chi connectivity index (χ3n) is 0.987. The Hall–Kier alpha value is -1.26. The van der Waals surface area contributed by atoms with E-state index in [1.54, 1.807) is 30.3 Å². The van der Waals surface area contributed by atoms with Gasteiger partial charge in [-0.25, -0.2) is 5.26 Å². The Labute approximate surface area is 102 Å². The topological polar surface area (TPSA) is 107 Å². The molecule has 0 aromatic heterocycles. The number of rotatable bonds is 6. The van der Waals surface area contributed by atoms with Crippen molar-refractivity contribution in [3.63, 3.8) is 0 Å². The molecule has 3 N–H and O–H groups in total. The summed E-state index contributed by atoms with van der Waals surface area (Å²) < 4.78 is 0. The van der Waals surface area contributed by atoms with Crippen LogP contribution in [0.2, 0.25) is 0 Å². The highest BCUT2D eigenvalue weighted by molar-refractivity contribution is 5.19. The van der Waals surface area contributed by atoms with Gasteiger partial charge >= 0.3 is 0 Å². The van der Waals surface area contributed by atoms with E-state index in [0.717, 1.165) is 0 Å². The van der Waals surface area contributed by atoms with Crippen molar-refractivity contribution >= 4 is 0 Å². The van der Waals surface area contributed by atoms with Crippen LogP contribution in [0.1, 0.15) is 23.7 Å². The zero-order valence-corrected chi connectivity index (χ0v) is 6.78. The first kappa shape index (κ1) is 24.8. The fourth-order valence-electron chi connectivity index (χ4n) is 0.564. The quantitative estimate of drug-likeness (QED) is 0.474. The summed E-state index contributed by atoms with van der Waals surface area (Å²) in [6.45, 7) is 0. The summed E-state index contributed by atoms with van der Waals surface area (Å²) in [5.74, 6) is 0.399. The maximum Gasteiger partial charge on any atom is 0.168 e. The molecule has 0 heterocycles. The van der Waals surface area contributed by atoms with Gasteiger partial charge in [0, 0.05) is 16.5 Å². The fraction of sp³-hybridized carbons (Fsp3) is 0.333. The third-order valence-corrected chi connectivity index (χ3v) is 0.987. The molecular weight excluding hydrogens is 236 g/mol. The summed E-state index contributed by atoms with van der Waals surface area (Å²) in [6, 6.07) is 8.49. The van der Waals surface area contributed by atoms with Crippen molar-refractivity contribution in [3.05, 3.63) is 30.3 Å². The Kier molecular flexibility index (Phi) is 25.0. The molecule has 0 saturated carbocycles. The van der Waals surface area contributed by atoms with Crippen LogP contribution in [0, 0.1) is 0 Å². The monoisotopic (exact) mass is 258 g/mol. The van der Waals surface area contributed by atoms with Crippen LogP contribution < -0.4 is 4.89 Å². The second-order valence-corrected chi connectivity index (χ2v) is 1.74. The first-order chi connectivity index (χ1) is 6.43. The zero-order valence-electron chi connectivity index (χ0n) is 6.78. The second kappa shape index (κ2) is 17.1. The molecule has 0 aliphatic rings. The predicted molar refractivity (Wildman–Crippen MR) is 61.0 cm³/mol. The molecule has 1 rings (SSSR count). The Morgan fingerprint density at radius 3 is 1.88 bits per heavy atom. The van der Waals surface area contributed by atoms with E-state index in [-0.39, 0.29) is 29.2 Å². The fourth-order valence-corrected chi connectivity index (χ4v) is 0.564. The van der Waals surface area contributed by atoms with Crippen molar-refractivity contribution in [2.24, 2.45) is 0 Å². The lowest BCUT2D eigenvalue weighted by Gasteiger charge is -1.99. The number of hydrogen-bond donors (Lipinski definition) is 1. The highest BCUT2D eigenvalue weighted by Gasteiger charge is 1.94. The lowest BCUT2D eigenvalue weighted by molar-refractivity contribution is -0.779. The third kappa shape index (κ3) is 12.7. The van der Waals surface area contributed by atoms with Crippen LogP contribution in [0.25, 0.3) is 0 Å². The molecule has 0 fully saturated rings. The van der Waals surface area contributed by atoms with E-state index in [0.29, 0.717) is 5.75 Å². The SMILES string of the molecule is C.C.C.O.OOOOOOOc1ccccc1.[HH]. The average Bonchev–Trinajstić information content (AvgIpc) is 2.19. The molecule has 0 aliphatic carbocycles. The van der Waals surface area contributed by atoms with Gasteiger partial charge in [0.15, 0.2) is 5.75 Å². The first-order valence-corrected chi connectivity index (χ1v) is 3.13. The first-order valence-electron chi connectivity index (χ1n) is 3.13. The Morgan fingerprint density at radius 1 is 0.824 bits per heavy atom. The lowest BCUT2D eigenvalue weighted by atomic mass is 10.3. The summed E-state index contributed by atoms with van der Waals surface area (Å²) in [6.07, 6.45) is 0. The summed E-state index contributed by atoms with van der Waals surface area (Å²) in [4.78, 5) is 4.49. The van der Waals surface area contributed by atoms with Crippen LogP contribution in [-0.2, 0) is 25.2 Å². The standard InChI is InChI=1S/C6H6O7.3CH4.H2O.H2/c7-9-11-13-12-10-8-6-4-2-1-3-5-6;;;;;/h1-5,7H;3*1H4;1H2;1H. The molecule has 0 radical (unpaired) electrons. The van der Waals surface area contributed by atoms with Crippen LogP contribution in [0.4, 0.5) is 0 Å². The zero-order chi connectivity index (χ0) is 9.36. The predicted octanol–water partition coefficient (Wildman–Crippen LogP) is 2.53. The van der Waals surface area contributed by atoms with Gasteiger partial charge in [0.25, 0.3) is 0 Å². The molecule has 0 saturated heterocycles. The van der Waals surface area contributed by atoms with Gasteiger partial charge in [-0.15, -0.1) is 0 Å². The van der Waals surface area contributed by atoms with E-state index in [1.165, 1.54) is 0 Å². The van der Waals surface area contributed by atoms with E-state index >= 15 is 0 Å². The van der Waals surface area contributed by atoms with Gasteiger partial charge in [0.2, 0.25) is 0 Å². The maximum atomic E-state index is 7.56. The molecule has 0 aliphatic heterocycles. The van der Waals surface area contributed by atoms with Crippen molar-refractivity contribution in [1.82, 2.24) is 0 Å². The highest BCUT2D eigenvalue weighted by atomic mass is 17.9. The molecule has 0 amide bonds. The minimum absolute atomic E-state index is 0. The van der Waals surface area contributed by atoms with E-state index in [2.05, 4.69) is 30.1 Å². The van der Waals surface area contributed by atoms with Crippen molar-refractivity contribution in [3.8, 4) is 5.75 Å². The Balaban J connectivity index is -0.000000113. The second-order valence-electron chi connectivity index (χ2n) is 1.74. The normalized spacial score (nSPS) is 7.59. The van der Waals surface area contributed by atoms with Crippen LogP contribution in [0.3, 0.4) is 0 Å². The highest BCUT2D eigenvalue weighted by Crippen LogP contribution is 2.08. The van der Waals surface area contributed by atoms with E-state index < -0.39 is 0 Å². The molecule has 1 aromatic rings. The van der Waals surface area contributed by atoms with Crippen molar-refractivity contribution < 1.29 is 42.2 Å². The van der Waals surface area contributed by atoms with Crippen molar-refractivity contribution in [1.29, 1.82) is 0 Å². The van der Waals surface area contributed by atoms with Crippen LogP contribution >= 0.6 is 0 Å². The molecule has 8 heteroatoms. The number of para-hydroxylation sites is 1. The van der Waals surface area contributed by atoms with Crippen molar-refractivity contribution in [2.75, 3.05) is 0 Å². The average molecular weight is 258 g/mol. The Morgan fingerprint density at radius 2 is 1.35 bits per heavy atom. The molecule has 1 aromatic carbocycles. The maximum absolute atomic E-state index is 7.56. The largest absolute Gasteiger partial charge is 0.412 e. The van der Waals surface area contributed by atoms with E-state index in [9.17, 15) is 0 Å². The van der Waals surface area contributed by atoms with Gasteiger partial charge < -0.3 is 10.4 Å². The van der Waals surface area contributed by atoms with Crippen LogP contribution in [-0.4, -0.2) is 10.7 Å². The molecule has 0 unspecified atom stereocenters. The summed E-state index contributed by atoms with van der Waals surface area (Å²) in [7, 11) is 0. The number of hydrogen-bond acceptors (Lipinski definition) is 7. The molecule has 0 bridgehead atoms. The van der Waals surface area contributed by atoms with Gasteiger partial charge in [0.1, 0.15) is 0 Å². The number of benzene rings is 1. The minimum atomic E-state index is 0. The van der Waals surface area contributed by atoms with Gasteiger partial charge in [-0.2, -0.15) is 0 Å². The van der Waals surface area contributed by atoms with Crippen LogP contribution in [0.5, 0.6) is 5.75 Å². The van der Waals surface area contributed by atoms with Gasteiger partial charge in [-0.3, -0.25) is 0 Å². The molecule has 0 atom stereocenters. The summed E-state index contributed by atoms with van der Waals surface area (Å²) >= 11 is 0. The lowest BCUT2D eigenvalue weighted by Crippen LogP contribution is -2.01. The molecular formula is C9H22O8. The Bertz CT molecular complexity index is 223.